The van der Waals surface area contributed by atoms with Gasteiger partial charge in [-0.25, -0.2) is 9.37 Å². The molecule has 0 aliphatic heterocycles. The fraction of sp³-hybridized carbons (Fsp3) is 0.227. The van der Waals surface area contributed by atoms with Crippen molar-refractivity contribution in [2.75, 3.05) is 30.3 Å². The van der Waals surface area contributed by atoms with Crippen LogP contribution in [0.3, 0.4) is 0 Å². The molecule has 0 bridgehead atoms. The van der Waals surface area contributed by atoms with Crippen molar-refractivity contribution >= 4 is 17.7 Å². The molecule has 8 heteroatoms. The lowest BCUT2D eigenvalue weighted by atomic mass is 10.2. The van der Waals surface area contributed by atoms with Crippen LogP contribution in [-0.4, -0.2) is 35.5 Å². The van der Waals surface area contributed by atoms with Crippen molar-refractivity contribution in [1.82, 2.24) is 15.3 Å². The van der Waals surface area contributed by atoms with Crippen molar-refractivity contribution in [3.63, 3.8) is 0 Å². The maximum Gasteiger partial charge on any atom is 0.251 e. The SMILES string of the molecule is CCNc1nc(C)cc(NCCNC(=O)c2cccc(Oc3ccc(F)cc3)c2)n1. The minimum atomic E-state index is -0.334. The summed E-state index contributed by atoms with van der Waals surface area (Å²) in [4.78, 5) is 21.1. The summed E-state index contributed by atoms with van der Waals surface area (Å²) in [5.41, 5.74) is 1.33. The summed E-state index contributed by atoms with van der Waals surface area (Å²) in [6.45, 7) is 5.55. The molecule has 1 heterocycles. The van der Waals surface area contributed by atoms with Crippen LogP contribution in [0, 0.1) is 12.7 Å². The Morgan fingerprint density at radius 1 is 1.00 bits per heavy atom. The summed E-state index contributed by atoms with van der Waals surface area (Å²) in [5, 5.41) is 9.12. The number of carbonyl (C=O) groups is 1. The van der Waals surface area contributed by atoms with Gasteiger partial charge >= 0.3 is 0 Å². The molecule has 0 radical (unpaired) electrons. The maximum absolute atomic E-state index is 13.0. The minimum Gasteiger partial charge on any atom is -0.457 e. The molecule has 156 valence electrons. The topological polar surface area (TPSA) is 88.2 Å². The number of halogens is 1. The van der Waals surface area contributed by atoms with Crippen molar-refractivity contribution < 1.29 is 13.9 Å². The van der Waals surface area contributed by atoms with Crippen LogP contribution in [0.2, 0.25) is 0 Å². The van der Waals surface area contributed by atoms with E-state index in [1.807, 2.05) is 19.9 Å². The van der Waals surface area contributed by atoms with Gasteiger partial charge in [-0.2, -0.15) is 4.98 Å². The lowest BCUT2D eigenvalue weighted by Gasteiger charge is -2.10. The minimum absolute atomic E-state index is 0.214. The molecule has 0 fully saturated rings. The van der Waals surface area contributed by atoms with E-state index in [-0.39, 0.29) is 11.7 Å². The van der Waals surface area contributed by atoms with Crippen LogP contribution in [0.1, 0.15) is 23.0 Å². The number of nitrogens with zero attached hydrogens (tertiary/aromatic N) is 2. The third-order valence-corrected chi connectivity index (χ3v) is 4.05. The zero-order valence-electron chi connectivity index (χ0n) is 16.9. The third-order valence-electron chi connectivity index (χ3n) is 4.05. The van der Waals surface area contributed by atoms with Crippen molar-refractivity contribution in [1.29, 1.82) is 0 Å². The largest absolute Gasteiger partial charge is 0.457 e. The molecule has 0 aliphatic rings. The fourth-order valence-electron chi connectivity index (χ4n) is 2.70. The highest BCUT2D eigenvalue weighted by Crippen LogP contribution is 2.22. The second kappa shape index (κ2) is 10.2. The number of ether oxygens (including phenoxy) is 1. The smallest absolute Gasteiger partial charge is 0.251 e. The summed E-state index contributed by atoms with van der Waals surface area (Å²) in [7, 11) is 0. The van der Waals surface area contributed by atoms with Crippen molar-refractivity contribution in [3.8, 4) is 11.5 Å². The Balaban J connectivity index is 1.51. The van der Waals surface area contributed by atoms with Crippen molar-refractivity contribution in [3.05, 3.63) is 71.7 Å². The molecular formula is C22H24FN5O2. The van der Waals surface area contributed by atoms with Crippen LogP contribution < -0.4 is 20.7 Å². The van der Waals surface area contributed by atoms with Crippen LogP contribution in [0.4, 0.5) is 16.2 Å². The standard InChI is InChI=1S/C22H24FN5O2/c1-3-24-22-27-15(2)13-20(28-22)25-11-12-26-21(29)16-5-4-6-19(14-16)30-18-9-7-17(23)8-10-18/h4-10,13-14H,3,11-12H2,1-2H3,(H,26,29)(H2,24,25,27,28). The number of amides is 1. The number of rotatable bonds is 9. The summed E-state index contributed by atoms with van der Waals surface area (Å²) in [5.74, 6) is 1.71. The number of nitrogens with one attached hydrogen (secondary N) is 3. The first-order chi connectivity index (χ1) is 14.5. The van der Waals surface area contributed by atoms with Crippen LogP contribution in [0.15, 0.2) is 54.6 Å². The molecule has 3 rings (SSSR count). The third kappa shape index (κ3) is 6.16. The number of anilines is 2. The molecule has 30 heavy (non-hydrogen) atoms. The van der Waals surface area contributed by atoms with Crippen LogP contribution in [0.25, 0.3) is 0 Å². The Bertz CT molecular complexity index is 995. The summed E-state index contributed by atoms with van der Waals surface area (Å²) in [6, 6.07) is 14.4. The van der Waals surface area contributed by atoms with E-state index in [1.54, 1.807) is 24.3 Å². The van der Waals surface area contributed by atoms with Gasteiger partial charge in [0.15, 0.2) is 0 Å². The number of aromatic nitrogens is 2. The molecule has 0 spiro atoms. The van der Waals surface area contributed by atoms with Gasteiger partial charge in [0, 0.05) is 37.0 Å². The van der Waals surface area contributed by atoms with E-state index in [0.717, 1.165) is 12.2 Å². The average molecular weight is 409 g/mol. The monoisotopic (exact) mass is 409 g/mol. The van der Waals surface area contributed by atoms with Crippen LogP contribution >= 0.6 is 0 Å². The zero-order chi connectivity index (χ0) is 21.3. The van der Waals surface area contributed by atoms with Gasteiger partial charge in [0.25, 0.3) is 5.91 Å². The van der Waals surface area contributed by atoms with E-state index in [9.17, 15) is 9.18 Å². The first-order valence-electron chi connectivity index (χ1n) is 9.68. The Kier molecular flexibility index (Phi) is 7.15. The molecule has 3 N–H and O–H groups in total. The lowest BCUT2D eigenvalue weighted by molar-refractivity contribution is 0.0955. The predicted molar refractivity (Wildman–Crippen MR) is 115 cm³/mol. The molecule has 3 aromatic rings. The first-order valence-corrected chi connectivity index (χ1v) is 9.68. The number of benzene rings is 2. The Hall–Kier alpha value is -3.68. The highest BCUT2D eigenvalue weighted by atomic mass is 19.1. The molecule has 0 unspecified atom stereocenters. The number of hydrogen-bond donors (Lipinski definition) is 3. The number of carbonyl (C=O) groups excluding carboxylic acids is 1. The van der Waals surface area contributed by atoms with Crippen LogP contribution in [0.5, 0.6) is 11.5 Å². The van der Waals surface area contributed by atoms with E-state index in [2.05, 4.69) is 25.9 Å². The summed E-state index contributed by atoms with van der Waals surface area (Å²) in [6.07, 6.45) is 0. The molecular weight excluding hydrogens is 385 g/mol. The lowest BCUT2D eigenvalue weighted by Crippen LogP contribution is -2.29. The van der Waals surface area contributed by atoms with E-state index in [0.29, 0.717) is 41.9 Å². The van der Waals surface area contributed by atoms with Gasteiger partial charge in [0.1, 0.15) is 23.1 Å². The molecule has 0 aliphatic carbocycles. The molecule has 0 saturated carbocycles. The van der Waals surface area contributed by atoms with Crippen LogP contribution in [-0.2, 0) is 0 Å². The van der Waals surface area contributed by atoms with Gasteiger partial charge < -0.3 is 20.7 Å². The van der Waals surface area contributed by atoms with Crippen molar-refractivity contribution in [2.45, 2.75) is 13.8 Å². The molecule has 7 nitrogen and oxygen atoms in total. The zero-order valence-corrected chi connectivity index (χ0v) is 16.9. The highest BCUT2D eigenvalue weighted by molar-refractivity contribution is 5.94. The molecule has 1 aromatic heterocycles. The van der Waals surface area contributed by atoms with Gasteiger partial charge in [-0.3, -0.25) is 4.79 Å². The van der Waals surface area contributed by atoms with E-state index in [4.69, 9.17) is 4.74 Å². The van der Waals surface area contributed by atoms with E-state index in [1.165, 1.54) is 24.3 Å². The molecule has 1 amide bonds. The Labute approximate surface area is 174 Å². The second-order valence-corrected chi connectivity index (χ2v) is 6.51. The average Bonchev–Trinajstić information content (AvgIpc) is 2.73. The Morgan fingerprint density at radius 3 is 2.57 bits per heavy atom. The van der Waals surface area contributed by atoms with Gasteiger partial charge in [-0.05, 0) is 56.3 Å². The molecule has 0 saturated heterocycles. The second-order valence-electron chi connectivity index (χ2n) is 6.51. The first kappa shape index (κ1) is 21.0. The van der Waals surface area contributed by atoms with Gasteiger partial charge in [-0.1, -0.05) is 6.07 Å². The van der Waals surface area contributed by atoms with E-state index < -0.39 is 0 Å². The maximum atomic E-state index is 13.0. The quantitative estimate of drug-likeness (QED) is 0.463. The summed E-state index contributed by atoms with van der Waals surface area (Å²) < 4.78 is 18.7. The van der Waals surface area contributed by atoms with E-state index >= 15 is 0 Å². The van der Waals surface area contributed by atoms with Crippen molar-refractivity contribution in [2.24, 2.45) is 0 Å². The highest BCUT2D eigenvalue weighted by Gasteiger charge is 2.07. The number of aryl methyl sites for hydroxylation is 1. The fourth-order valence-corrected chi connectivity index (χ4v) is 2.70. The molecule has 0 atom stereocenters. The van der Waals surface area contributed by atoms with Gasteiger partial charge in [-0.15, -0.1) is 0 Å². The predicted octanol–water partition coefficient (Wildman–Crippen LogP) is 3.99. The van der Waals surface area contributed by atoms with Gasteiger partial charge in [0.2, 0.25) is 5.95 Å². The normalized spacial score (nSPS) is 10.4. The Morgan fingerprint density at radius 2 is 1.80 bits per heavy atom. The summed E-state index contributed by atoms with van der Waals surface area (Å²) >= 11 is 0. The number of hydrogen-bond acceptors (Lipinski definition) is 6. The molecule has 2 aromatic carbocycles. The van der Waals surface area contributed by atoms with Gasteiger partial charge in [0.05, 0.1) is 0 Å².